The molecule has 18 heavy (non-hydrogen) atoms. The maximum Gasteiger partial charge on any atom is 0.232 e. The molecule has 2 rings (SSSR count). The average Bonchev–Trinajstić information content (AvgIpc) is 2.89. The van der Waals surface area contributed by atoms with Crippen molar-refractivity contribution in [1.29, 1.82) is 0 Å². The lowest BCUT2D eigenvalue weighted by atomic mass is 10.2. The number of carbonyl (C=O) groups excluding carboxylic acids is 1. The van der Waals surface area contributed by atoms with Crippen LogP contribution in [-0.2, 0) is 11.2 Å². The number of nitrogens with two attached hydrogens (primary N) is 1. The van der Waals surface area contributed by atoms with E-state index in [9.17, 15) is 4.79 Å². The molecule has 2 aromatic rings. The van der Waals surface area contributed by atoms with Crippen LogP contribution in [0, 0.1) is 0 Å². The van der Waals surface area contributed by atoms with Crippen molar-refractivity contribution in [3.05, 3.63) is 52.7 Å². The first-order valence-electron chi connectivity index (χ1n) is 5.89. The summed E-state index contributed by atoms with van der Waals surface area (Å²) in [5.74, 6) is 0.0918. The van der Waals surface area contributed by atoms with Gasteiger partial charge in [-0.25, -0.2) is 0 Å². The molecule has 2 N–H and O–H groups in total. The maximum absolute atomic E-state index is 12.3. The Morgan fingerprint density at radius 3 is 2.56 bits per heavy atom. The topological polar surface area (TPSA) is 46.3 Å². The van der Waals surface area contributed by atoms with Gasteiger partial charge >= 0.3 is 0 Å². The Morgan fingerprint density at radius 1 is 1.17 bits per heavy atom. The Kier molecular flexibility index (Phi) is 4.50. The number of benzene rings is 1. The van der Waals surface area contributed by atoms with Crippen molar-refractivity contribution in [1.82, 2.24) is 0 Å². The van der Waals surface area contributed by atoms with Crippen LogP contribution >= 0.6 is 11.3 Å². The van der Waals surface area contributed by atoms with Crippen LogP contribution in [0.3, 0.4) is 0 Å². The minimum atomic E-state index is 0.0918. The molecule has 0 bridgehead atoms. The van der Waals surface area contributed by atoms with Gasteiger partial charge in [0.1, 0.15) is 0 Å². The molecule has 0 fully saturated rings. The van der Waals surface area contributed by atoms with Crippen LogP contribution < -0.4 is 10.6 Å². The van der Waals surface area contributed by atoms with Crippen LogP contribution in [0.1, 0.15) is 4.88 Å². The van der Waals surface area contributed by atoms with E-state index in [0.29, 0.717) is 19.5 Å². The average molecular weight is 260 g/mol. The molecule has 0 saturated heterocycles. The minimum absolute atomic E-state index is 0.0918. The van der Waals surface area contributed by atoms with E-state index in [1.807, 2.05) is 47.8 Å². The fraction of sp³-hybridized carbons (Fsp3) is 0.214. The van der Waals surface area contributed by atoms with Gasteiger partial charge in [0.2, 0.25) is 5.91 Å². The van der Waals surface area contributed by atoms with E-state index in [-0.39, 0.29) is 5.91 Å². The highest BCUT2D eigenvalue weighted by atomic mass is 32.1. The number of hydrogen-bond acceptors (Lipinski definition) is 3. The number of carbonyl (C=O) groups is 1. The molecule has 4 heteroatoms. The molecule has 0 aliphatic heterocycles. The summed E-state index contributed by atoms with van der Waals surface area (Å²) in [4.78, 5) is 15.1. The monoisotopic (exact) mass is 260 g/mol. The molecule has 0 aliphatic carbocycles. The molecule has 0 radical (unpaired) electrons. The van der Waals surface area contributed by atoms with Gasteiger partial charge in [0, 0.05) is 23.7 Å². The molecule has 0 unspecified atom stereocenters. The Labute approximate surface area is 111 Å². The van der Waals surface area contributed by atoms with Gasteiger partial charge in [0.05, 0.1) is 6.42 Å². The molecule has 1 aromatic heterocycles. The molecule has 0 aliphatic rings. The quantitative estimate of drug-likeness (QED) is 0.896. The molecule has 1 amide bonds. The van der Waals surface area contributed by atoms with Gasteiger partial charge in [-0.3, -0.25) is 4.79 Å². The van der Waals surface area contributed by atoms with Crippen LogP contribution in [-0.4, -0.2) is 19.0 Å². The Morgan fingerprint density at radius 2 is 1.94 bits per heavy atom. The largest absolute Gasteiger partial charge is 0.329 e. The molecule has 0 spiro atoms. The number of rotatable bonds is 5. The van der Waals surface area contributed by atoms with Crippen LogP contribution in [0.25, 0.3) is 0 Å². The predicted molar refractivity (Wildman–Crippen MR) is 75.9 cm³/mol. The van der Waals surface area contributed by atoms with Crippen molar-refractivity contribution in [2.45, 2.75) is 6.42 Å². The summed E-state index contributed by atoms with van der Waals surface area (Å²) in [5.41, 5.74) is 6.49. The summed E-state index contributed by atoms with van der Waals surface area (Å²) in [5, 5.41) is 1.98. The first kappa shape index (κ1) is 12.8. The van der Waals surface area contributed by atoms with Crippen molar-refractivity contribution in [2.24, 2.45) is 5.73 Å². The van der Waals surface area contributed by atoms with E-state index in [1.165, 1.54) is 0 Å². The number of nitrogens with zero attached hydrogens (tertiary/aromatic N) is 1. The standard InChI is InChI=1S/C14H16N2OS/c15-8-9-16(12-5-2-1-3-6-12)14(17)11-13-7-4-10-18-13/h1-7,10H,8-9,11,15H2. The molecule has 1 heterocycles. The second-order valence-electron chi connectivity index (χ2n) is 3.93. The lowest BCUT2D eigenvalue weighted by molar-refractivity contribution is -0.117. The SMILES string of the molecule is NCCN(C(=O)Cc1cccs1)c1ccccc1. The van der Waals surface area contributed by atoms with Gasteiger partial charge < -0.3 is 10.6 Å². The van der Waals surface area contributed by atoms with Crippen molar-refractivity contribution < 1.29 is 4.79 Å². The van der Waals surface area contributed by atoms with E-state index < -0.39 is 0 Å². The highest BCUT2D eigenvalue weighted by Gasteiger charge is 2.15. The summed E-state index contributed by atoms with van der Waals surface area (Å²) < 4.78 is 0. The van der Waals surface area contributed by atoms with E-state index in [4.69, 9.17) is 5.73 Å². The Balaban J connectivity index is 2.12. The van der Waals surface area contributed by atoms with E-state index in [1.54, 1.807) is 16.2 Å². The zero-order valence-corrected chi connectivity index (χ0v) is 10.9. The highest BCUT2D eigenvalue weighted by molar-refractivity contribution is 7.10. The summed E-state index contributed by atoms with van der Waals surface area (Å²) in [6.45, 7) is 1.01. The summed E-state index contributed by atoms with van der Waals surface area (Å²) >= 11 is 1.60. The third kappa shape index (κ3) is 3.18. The molecule has 0 atom stereocenters. The third-order valence-corrected chi connectivity index (χ3v) is 3.50. The number of anilines is 1. The summed E-state index contributed by atoms with van der Waals surface area (Å²) in [7, 11) is 0. The van der Waals surface area contributed by atoms with Crippen LogP contribution in [0.5, 0.6) is 0 Å². The van der Waals surface area contributed by atoms with Gasteiger partial charge in [-0.15, -0.1) is 11.3 Å². The van der Waals surface area contributed by atoms with Gasteiger partial charge in [-0.1, -0.05) is 24.3 Å². The molecular formula is C14H16N2OS. The highest BCUT2D eigenvalue weighted by Crippen LogP contribution is 2.16. The lowest BCUT2D eigenvalue weighted by Crippen LogP contribution is -2.36. The van der Waals surface area contributed by atoms with E-state index in [0.717, 1.165) is 10.6 Å². The zero-order valence-electron chi connectivity index (χ0n) is 10.1. The van der Waals surface area contributed by atoms with Crippen LogP contribution in [0.15, 0.2) is 47.8 Å². The Hall–Kier alpha value is -1.65. The second-order valence-corrected chi connectivity index (χ2v) is 4.96. The van der Waals surface area contributed by atoms with Crippen molar-refractivity contribution >= 4 is 22.9 Å². The van der Waals surface area contributed by atoms with Crippen LogP contribution in [0.4, 0.5) is 5.69 Å². The molecule has 0 saturated carbocycles. The smallest absolute Gasteiger partial charge is 0.232 e. The Bertz CT molecular complexity index is 482. The predicted octanol–water partition coefficient (Wildman–Crippen LogP) is 2.28. The maximum atomic E-state index is 12.3. The first-order valence-corrected chi connectivity index (χ1v) is 6.77. The minimum Gasteiger partial charge on any atom is -0.329 e. The van der Waals surface area contributed by atoms with E-state index in [2.05, 4.69) is 0 Å². The summed E-state index contributed by atoms with van der Waals surface area (Å²) in [6, 6.07) is 13.6. The lowest BCUT2D eigenvalue weighted by Gasteiger charge is -2.21. The van der Waals surface area contributed by atoms with Gasteiger partial charge in [-0.05, 0) is 23.6 Å². The first-order chi connectivity index (χ1) is 8.81. The summed E-state index contributed by atoms with van der Waals surface area (Å²) in [6.07, 6.45) is 0.437. The normalized spacial score (nSPS) is 10.3. The van der Waals surface area contributed by atoms with E-state index >= 15 is 0 Å². The van der Waals surface area contributed by atoms with Gasteiger partial charge in [0.15, 0.2) is 0 Å². The number of hydrogen-bond donors (Lipinski definition) is 1. The van der Waals surface area contributed by atoms with Crippen molar-refractivity contribution in [3.63, 3.8) is 0 Å². The number of amides is 1. The fourth-order valence-corrected chi connectivity index (χ4v) is 2.49. The van der Waals surface area contributed by atoms with Crippen LogP contribution in [0.2, 0.25) is 0 Å². The number of para-hydroxylation sites is 1. The van der Waals surface area contributed by atoms with Crippen molar-refractivity contribution in [2.75, 3.05) is 18.0 Å². The molecular weight excluding hydrogens is 244 g/mol. The second kappa shape index (κ2) is 6.33. The third-order valence-electron chi connectivity index (χ3n) is 2.63. The van der Waals surface area contributed by atoms with Gasteiger partial charge in [0.25, 0.3) is 0 Å². The molecule has 94 valence electrons. The van der Waals surface area contributed by atoms with Crippen molar-refractivity contribution in [3.8, 4) is 0 Å². The zero-order chi connectivity index (χ0) is 12.8. The van der Waals surface area contributed by atoms with Gasteiger partial charge in [-0.2, -0.15) is 0 Å². The fourth-order valence-electron chi connectivity index (χ4n) is 1.79. The number of thiophene rings is 1. The molecule has 1 aromatic carbocycles. The molecule has 3 nitrogen and oxygen atoms in total.